The zero-order valence-electron chi connectivity index (χ0n) is 10.9. The Morgan fingerprint density at radius 1 is 0.944 bits per heavy atom. The first-order chi connectivity index (χ1) is 8.68. The number of rotatable bonds is 4. The lowest BCUT2D eigenvalue weighted by Gasteiger charge is -2.14. The Balaban J connectivity index is 2.38. The van der Waals surface area contributed by atoms with Crippen molar-refractivity contribution in [1.82, 2.24) is 4.90 Å². The van der Waals surface area contributed by atoms with Crippen molar-refractivity contribution in [3.8, 4) is 16.9 Å². The first kappa shape index (κ1) is 12.7. The van der Waals surface area contributed by atoms with Crippen molar-refractivity contribution in [2.24, 2.45) is 0 Å². The van der Waals surface area contributed by atoms with E-state index in [0.717, 1.165) is 29.7 Å². The van der Waals surface area contributed by atoms with Crippen LogP contribution in [0.1, 0.15) is 5.56 Å². The van der Waals surface area contributed by atoms with Crippen LogP contribution in [0.5, 0.6) is 5.75 Å². The predicted molar refractivity (Wildman–Crippen MR) is 75.8 cm³/mol. The fourth-order valence-corrected chi connectivity index (χ4v) is 2.06. The molecule has 1 N–H and O–H groups in total. The molecule has 0 saturated heterocycles. The molecule has 18 heavy (non-hydrogen) atoms. The van der Waals surface area contributed by atoms with Crippen LogP contribution in [0.4, 0.5) is 0 Å². The van der Waals surface area contributed by atoms with Crippen molar-refractivity contribution >= 4 is 0 Å². The number of likely N-dealkylation sites (N-methyl/N-ethyl adjacent to an activating group) is 1. The van der Waals surface area contributed by atoms with Gasteiger partial charge in [0.25, 0.3) is 0 Å². The summed E-state index contributed by atoms with van der Waals surface area (Å²) in [5.74, 6) is 0.387. The van der Waals surface area contributed by atoms with Crippen molar-refractivity contribution in [2.45, 2.75) is 6.42 Å². The minimum Gasteiger partial charge on any atom is -0.508 e. The molecule has 0 spiro atoms. The average Bonchev–Trinajstić information content (AvgIpc) is 2.38. The molecule has 0 aromatic heterocycles. The quantitative estimate of drug-likeness (QED) is 0.888. The highest BCUT2D eigenvalue weighted by Crippen LogP contribution is 2.30. The van der Waals surface area contributed by atoms with E-state index in [4.69, 9.17) is 0 Å². The van der Waals surface area contributed by atoms with E-state index in [-0.39, 0.29) is 0 Å². The summed E-state index contributed by atoms with van der Waals surface area (Å²) >= 11 is 0. The van der Waals surface area contributed by atoms with E-state index >= 15 is 0 Å². The molecule has 0 saturated carbocycles. The molecule has 2 aromatic carbocycles. The van der Waals surface area contributed by atoms with Crippen molar-refractivity contribution in [1.29, 1.82) is 0 Å². The van der Waals surface area contributed by atoms with Crippen molar-refractivity contribution in [3.05, 3.63) is 54.1 Å². The lowest BCUT2D eigenvalue weighted by atomic mass is 9.97. The van der Waals surface area contributed by atoms with E-state index in [2.05, 4.69) is 23.1 Å². The fourth-order valence-electron chi connectivity index (χ4n) is 2.06. The number of hydrogen-bond donors (Lipinski definition) is 1. The third kappa shape index (κ3) is 2.90. The van der Waals surface area contributed by atoms with E-state index in [1.165, 1.54) is 0 Å². The summed E-state index contributed by atoms with van der Waals surface area (Å²) in [4.78, 5) is 2.13. The lowest BCUT2D eigenvalue weighted by molar-refractivity contribution is 0.406. The Morgan fingerprint density at radius 3 is 2.33 bits per heavy atom. The maximum Gasteiger partial charge on any atom is 0.119 e. The second-order valence-corrected chi connectivity index (χ2v) is 4.72. The van der Waals surface area contributed by atoms with Gasteiger partial charge in [0.1, 0.15) is 5.75 Å². The summed E-state index contributed by atoms with van der Waals surface area (Å²) in [7, 11) is 4.09. The SMILES string of the molecule is CN(C)CCc1c(O)cccc1-c1ccccc1. The number of aromatic hydroxyl groups is 1. The van der Waals surface area contributed by atoms with E-state index in [1.54, 1.807) is 6.07 Å². The van der Waals surface area contributed by atoms with Crippen LogP contribution in [0, 0.1) is 0 Å². The summed E-state index contributed by atoms with van der Waals surface area (Å²) in [5.41, 5.74) is 3.30. The topological polar surface area (TPSA) is 23.5 Å². The predicted octanol–water partition coefficient (Wildman–Crippen LogP) is 3.16. The molecule has 0 radical (unpaired) electrons. The molecule has 2 rings (SSSR count). The van der Waals surface area contributed by atoms with Gasteiger partial charge in [-0.15, -0.1) is 0 Å². The van der Waals surface area contributed by atoms with Gasteiger partial charge in [-0.25, -0.2) is 0 Å². The van der Waals surface area contributed by atoms with Crippen LogP contribution in [0.25, 0.3) is 11.1 Å². The summed E-state index contributed by atoms with van der Waals surface area (Å²) in [6.07, 6.45) is 0.851. The molecule has 0 atom stereocenters. The molecule has 2 aromatic rings. The van der Waals surface area contributed by atoms with Crippen LogP contribution in [-0.4, -0.2) is 30.6 Å². The van der Waals surface area contributed by atoms with Crippen LogP contribution in [0.2, 0.25) is 0 Å². The molecular weight excluding hydrogens is 222 g/mol. The molecule has 0 unspecified atom stereocenters. The first-order valence-corrected chi connectivity index (χ1v) is 6.19. The van der Waals surface area contributed by atoms with Gasteiger partial charge < -0.3 is 10.0 Å². The Labute approximate surface area is 109 Å². The molecule has 0 bridgehead atoms. The third-order valence-electron chi connectivity index (χ3n) is 3.05. The smallest absolute Gasteiger partial charge is 0.119 e. The van der Waals surface area contributed by atoms with E-state index in [1.807, 2.05) is 38.4 Å². The highest BCUT2D eigenvalue weighted by molar-refractivity contribution is 5.69. The van der Waals surface area contributed by atoms with Gasteiger partial charge in [0.15, 0.2) is 0 Å². The van der Waals surface area contributed by atoms with Crippen LogP contribution in [-0.2, 0) is 6.42 Å². The normalized spacial score (nSPS) is 10.8. The van der Waals surface area contributed by atoms with Gasteiger partial charge in [0.05, 0.1) is 0 Å². The van der Waals surface area contributed by atoms with Gasteiger partial charge in [-0.2, -0.15) is 0 Å². The maximum absolute atomic E-state index is 10.0. The number of phenols is 1. The van der Waals surface area contributed by atoms with Crippen molar-refractivity contribution in [2.75, 3.05) is 20.6 Å². The second kappa shape index (κ2) is 5.69. The Kier molecular flexibility index (Phi) is 4.00. The molecule has 0 aliphatic heterocycles. The van der Waals surface area contributed by atoms with Gasteiger partial charge in [0, 0.05) is 12.1 Å². The summed E-state index contributed by atoms with van der Waals surface area (Å²) < 4.78 is 0. The van der Waals surface area contributed by atoms with Crippen LogP contribution < -0.4 is 0 Å². The average molecular weight is 241 g/mol. The summed E-state index contributed by atoms with van der Waals surface area (Å²) in [6.45, 7) is 0.928. The van der Waals surface area contributed by atoms with Gasteiger partial charge in [-0.05, 0) is 37.7 Å². The number of benzene rings is 2. The minimum absolute atomic E-state index is 0.387. The van der Waals surface area contributed by atoms with Crippen LogP contribution in [0.15, 0.2) is 48.5 Å². The zero-order chi connectivity index (χ0) is 13.0. The van der Waals surface area contributed by atoms with Gasteiger partial charge in [-0.1, -0.05) is 42.5 Å². The molecule has 0 amide bonds. The van der Waals surface area contributed by atoms with Gasteiger partial charge in [0.2, 0.25) is 0 Å². The summed E-state index contributed by atoms with van der Waals surface area (Å²) in [6, 6.07) is 15.9. The minimum atomic E-state index is 0.387. The van der Waals surface area contributed by atoms with E-state index in [0.29, 0.717) is 5.75 Å². The van der Waals surface area contributed by atoms with Crippen molar-refractivity contribution in [3.63, 3.8) is 0 Å². The number of nitrogens with zero attached hydrogens (tertiary/aromatic N) is 1. The Hall–Kier alpha value is -1.80. The third-order valence-corrected chi connectivity index (χ3v) is 3.05. The van der Waals surface area contributed by atoms with Gasteiger partial charge in [-0.3, -0.25) is 0 Å². The van der Waals surface area contributed by atoms with Crippen LogP contribution in [0.3, 0.4) is 0 Å². The summed E-state index contributed by atoms with van der Waals surface area (Å²) in [5, 5.41) is 10.0. The molecule has 2 heteroatoms. The molecule has 0 aliphatic rings. The molecular formula is C16H19NO. The van der Waals surface area contributed by atoms with E-state index in [9.17, 15) is 5.11 Å². The highest BCUT2D eigenvalue weighted by atomic mass is 16.3. The molecule has 0 heterocycles. The van der Waals surface area contributed by atoms with Gasteiger partial charge >= 0.3 is 0 Å². The van der Waals surface area contributed by atoms with E-state index < -0.39 is 0 Å². The molecule has 94 valence electrons. The van der Waals surface area contributed by atoms with Crippen molar-refractivity contribution < 1.29 is 5.11 Å². The molecule has 2 nitrogen and oxygen atoms in total. The zero-order valence-corrected chi connectivity index (χ0v) is 10.9. The largest absolute Gasteiger partial charge is 0.508 e. The molecule has 0 aliphatic carbocycles. The number of hydrogen-bond acceptors (Lipinski definition) is 2. The monoisotopic (exact) mass is 241 g/mol. The maximum atomic E-state index is 10.0. The fraction of sp³-hybridized carbons (Fsp3) is 0.250. The Bertz CT molecular complexity index is 506. The lowest BCUT2D eigenvalue weighted by Crippen LogP contribution is -2.15. The first-order valence-electron chi connectivity index (χ1n) is 6.19. The highest BCUT2D eigenvalue weighted by Gasteiger charge is 2.09. The molecule has 0 fully saturated rings. The standard InChI is InChI=1S/C16H19NO/c1-17(2)12-11-15-14(9-6-10-16(15)18)13-7-4-3-5-8-13/h3-10,18H,11-12H2,1-2H3. The Morgan fingerprint density at radius 2 is 1.67 bits per heavy atom. The number of phenolic OH excluding ortho intramolecular Hbond substituents is 1. The van der Waals surface area contributed by atoms with Crippen LogP contribution >= 0.6 is 0 Å². The second-order valence-electron chi connectivity index (χ2n) is 4.72.